The van der Waals surface area contributed by atoms with E-state index in [1.54, 1.807) is 24.3 Å². The fourth-order valence-electron chi connectivity index (χ4n) is 2.37. The smallest absolute Gasteiger partial charge is 0.314 e. The Labute approximate surface area is 147 Å². The molecule has 2 N–H and O–H groups in total. The number of nitrogens with one attached hydrogen (secondary N) is 2. The molecular weight excluding hydrogens is 320 g/mol. The fraction of sp³-hybridized carbons (Fsp3) is 0.263. The number of hydrogen-bond acceptors (Lipinski definition) is 4. The van der Waals surface area contributed by atoms with Gasteiger partial charge in [-0.3, -0.25) is 9.59 Å². The number of carbonyl (C=O) groups is 2. The molecule has 2 aromatic rings. The minimum absolute atomic E-state index is 0.223. The van der Waals surface area contributed by atoms with Gasteiger partial charge in [-0.2, -0.15) is 0 Å². The molecule has 0 fully saturated rings. The van der Waals surface area contributed by atoms with Crippen molar-refractivity contribution in [3.63, 3.8) is 0 Å². The number of methoxy groups -OCH3 is 2. The van der Waals surface area contributed by atoms with E-state index in [0.717, 1.165) is 5.56 Å². The first kappa shape index (κ1) is 18.3. The summed E-state index contributed by atoms with van der Waals surface area (Å²) in [6.45, 7) is 4.04. The highest BCUT2D eigenvalue weighted by Crippen LogP contribution is 2.29. The lowest BCUT2D eigenvalue weighted by atomic mass is 10.0. The highest BCUT2D eigenvalue weighted by Gasteiger charge is 2.18. The van der Waals surface area contributed by atoms with Gasteiger partial charge in [0.25, 0.3) is 0 Å². The largest absolute Gasteiger partial charge is 0.497 e. The van der Waals surface area contributed by atoms with Crippen molar-refractivity contribution in [2.45, 2.75) is 19.8 Å². The van der Waals surface area contributed by atoms with Crippen molar-refractivity contribution >= 4 is 23.2 Å². The summed E-state index contributed by atoms with van der Waals surface area (Å²) in [5.74, 6) is -0.303. The molecule has 0 aromatic heterocycles. The van der Waals surface area contributed by atoms with Crippen molar-refractivity contribution in [1.29, 1.82) is 0 Å². The van der Waals surface area contributed by atoms with Crippen LogP contribution in [0.25, 0.3) is 0 Å². The molecule has 0 bridgehead atoms. The van der Waals surface area contributed by atoms with Crippen LogP contribution in [0, 0.1) is 0 Å². The van der Waals surface area contributed by atoms with Gasteiger partial charge in [0, 0.05) is 11.8 Å². The number of hydrogen-bond donors (Lipinski definition) is 2. The predicted molar refractivity (Wildman–Crippen MR) is 97.3 cm³/mol. The van der Waals surface area contributed by atoms with Crippen LogP contribution < -0.4 is 20.1 Å². The summed E-state index contributed by atoms with van der Waals surface area (Å²) in [5, 5.41) is 5.21. The monoisotopic (exact) mass is 342 g/mol. The zero-order chi connectivity index (χ0) is 18.4. The zero-order valence-electron chi connectivity index (χ0n) is 14.8. The van der Waals surface area contributed by atoms with E-state index < -0.39 is 11.8 Å². The molecule has 0 unspecified atom stereocenters. The van der Waals surface area contributed by atoms with E-state index in [-0.39, 0.29) is 5.92 Å². The Bertz CT molecular complexity index is 772. The van der Waals surface area contributed by atoms with Crippen LogP contribution in [0.1, 0.15) is 25.3 Å². The van der Waals surface area contributed by atoms with Gasteiger partial charge in [0.05, 0.1) is 19.9 Å². The van der Waals surface area contributed by atoms with Gasteiger partial charge < -0.3 is 20.1 Å². The third kappa shape index (κ3) is 4.50. The molecule has 25 heavy (non-hydrogen) atoms. The van der Waals surface area contributed by atoms with Crippen molar-refractivity contribution in [2.24, 2.45) is 0 Å². The van der Waals surface area contributed by atoms with E-state index >= 15 is 0 Å². The van der Waals surface area contributed by atoms with Gasteiger partial charge in [0.1, 0.15) is 11.5 Å². The fourth-order valence-corrected chi connectivity index (χ4v) is 2.37. The normalized spacial score (nSPS) is 10.3. The quantitative estimate of drug-likeness (QED) is 0.817. The van der Waals surface area contributed by atoms with Crippen LogP contribution in [0.15, 0.2) is 42.5 Å². The number of carbonyl (C=O) groups excluding carboxylic acids is 2. The summed E-state index contributed by atoms with van der Waals surface area (Å²) in [6.07, 6.45) is 0. The Morgan fingerprint density at radius 2 is 1.52 bits per heavy atom. The van der Waals surface area contributed by atoms with Gasteiger partial charge in [0.15, 0.2) is 0 Å². The number of ether oxygens (including phenoxy) is 2. The molecule has 0 aliphatic carbocycles. The second-order valence-corrected chi connectivity index (χ2v) is 5.72. The van der Waals surface area contributed by atoms with Crippen molar-refractivity contribution in [2.75, 3.05) is 24.9 Å². The van der Waals surface area contributed by atoms with E-state index in [1.807, 2.05) is 32.0 Å². The molecule has 0 heterocycles. The molecule has 0 aliphatic heterocycles. The van der Waals surface area contributed by atoms with Crippen LogP contribution >= 0.6 is 0 Å². The van der Waals surface area contributed by atoms with E-state index in [1.165, 1.54) is 14.2 Å². The number of benzene rings is 2. The lowest BCUT2D eigenvalue weighted by Crippen LogP contribution is -2.29. The Balaban J connectivity index is 2.13. The third-order valence-corrected chi connectivity index (χ3v) is 3.69. The van der Waals surface area contributed by atoms with Gasteiger partial charge in [-0.25, -0.2) is 0 Å². The molecular formula is C19H22N2O4. The minimum Gasteiger partial charge on any atom is -0.497 e. The van der Waals surface area contributed by atoms with Crippen molar-refractivity contribution in [3.8, 4) is 11.5 Å². The van der Waals surface area contributed by atoms with Crippen LogP contribution in [-0.4, -0.2) is 26.0 Å². The average Bonchev–Trinajstić information content (AvgIpc) is 2.62. The molecule has 132 valence electrons. The zero-order valence-corrected chi connectivity index (χ0v) is 14.8. The van der Waals surface area contributed by atoms with E-state index in [2.05, 4.69) is 10.6 Å². The lowest BCUT2D eigenvalue weighted by molar-refractivity contribution is -0.133. The summed E-state index contributed by atoms with van der Waals surface area (Å²) in [7, 11) is 3.01. The topological polar surface area (TPSA) is 76.7 Å². The average molecular weight is 342 g/mol. The second kappa shape index (κ2) is 8.19. The molecule has 0 atom stereocenters. The van der Waals surface area contributed by atoms with Crippen molar-refractivity contribution < 1.29 is 19.1 Å². The number of anilines is 2. The van der Waals surface area contributed by atoms with Crippen LogP contribution in [0.4, 0.5) is 11.4 Å². The summed E-state index contributed by atoms with van der Waals surface area (Å²) < 4.78 is 10.3. The summed E-state index contributed by atoms with van der Waals surface area (Å²) in [5.41, 5.74) is 1.98. The number of amides is 2. The summed E-state index contributed by atoms with van der Waals surface area (Å²) >= 11 is 0. The van der Waals surface area contributed by atoms with Gasteiger partial charge in [-0.1, -0.05) is 32.0 Å². The Kier molecular flexibility index (Phi) is 6.00. The maximum Gasteiger partial charge on any atom is 0.314 e. The van der Waals surface area contributed by atoms with Crippen LogP contribution in [0.2, 0.25) is 0 Å². The van der Waals surface area contributed by atoms with Gasteiger partial charge >= 0.3 is 11.8 Å². The SMILES string of the molecule is COc1ccc(NC(=O)C(=O)Nc2ccccc2C(C)C)c(OC)c1. The molecule has 0 saturated heterocycles. The maximum atomic E-state index is 12.2. The first-order chi connectivity index (χ1) is 12.0. The molecule has 0 aliphatic rings. The first-order valence-electron chi connectivity index (χ1n) is 7.89. The Morgan fingerprint density at radius 1 is 0.880 bits per heavy atom. The first-order valence-corrected chi connectivity index (χ1v) is 7.89. The molecule has 2 aromatic carbocycles. The molecule has 6 nitrogen and oxygen atoms in total. The van der Waals surface area contributed by atoms with Crippen LogP contribution in [-0.2, 0) is 9.59 Å². The van der Waals surface area contributed by atoms with Crippen LogP contribution in [0.5, 0.6) is 11.5 Å². The van der Waals surface area contributed by atoms with E-state index in [0.29, 0.717) is 22.9 Å². The number of rotatable bonds is 5. The van der Waals surface area contributed by atoms with Gasteiger partial charge in [0.2, 0.25) is 0 Å². The summed E-state index contributed by atoms with van der Waals surface area (Å²) in [4.78, 5) is 24.4. The van der Waals surface area contributed by atoms with E-state index in [4.69, 9.17) is 9.47 Å². The van der Waals surface area contributed by atoms with E-state index in [9.17, 15) is 9.59 Å². The van der Waals surface area contributed by atoms with Gasteiger partial charge in [-0.05, 0) is 29.7 Å². The standard InChI is InChI=1S/C19H22N2O4/c1-12(2)14-7-5-6-8-15(14)20-18(22)19(23)21-16-10-9-13(24-3)11-17(16)25-4/h5-12H,1-4H3,(H,20,22)(H,21,23). The molecule has 0 radical (unpaired) electrons. The van der Waals surface area contributed by atoms with Gasteiger partial charge in [-0.15, -0.1) is 0 Å². The Morgan fingerprint density at radius 3 is 2.12 bits per heavy atom. The molecule has 6 heteroatoms. The number of para-hydroxylation sites is 1. The van der Waals surface area contributed by atoms with Crippen molar-refractivity contribution in [1.82, 2.24) is 0 Å². The second-order valence-electron chi connectivity index (χ2n) is 5.72. The lowest BCUT2D eigenvalue weighted by Gasteiger charge is -2.14. The Hall–Kier alpha value is -3.02. The predicted octanol–water partition coefficient (Wildman–Crippen LogP) is 3.40. The highest BCUT2D eigenvalue weighted by atomic mass is 16.5. The van der Waals surface area contributed by atoms with Crippen LogP contribution in [0.3, 0.4) is 0 Å². The summed E-state index contributed by atoms with van der Waals surface area (Å²) in [6, 6.07) is 12.3. The highest BCUT2D eigenvalue weighted by molar-refractivity contribution is 6.43. The minimum atomic E-state index is -0.776. The molecule has 0 saturated carbocycles. The maximum absolute atomic E-state index is 12.2. The third-order valence-electron chi connectivity index (χ3n) is 3.69. The molecule has 2 rings (SSSR count). The molecule has 2 amide bonds. The molecule has 0 spiro atoms. The van der Waals surface area contributed by atoms with Crippen molar-refractivity contribution in [3.05, 3.63) is 48.0 Å².